The molecule has 0 aliphatic heterocycles. The summed E-state index contributed by atoms with van der Waals surface area (Å²) in [6.45, 7) is 12.0. The average molecular weight is 262 g/mol. The van der Waals surface area contributed by atoms with Crippen molar-refractivity contribution in [3.63, 3.8) is 0 Å². The highest BCUT2D eigenvalue weighted by Crippen LogP contribution is 2.23. The Bertz CT molecular complexity index is 402. The summed E-state index contributed by atoms with van der Waals surface area (Å²) in [4.78, 5) is 11.7. The third-order valence-corrected chi connectivity index (χ3v) is 2.87. The van der Waals surface area contributed by atoms with Gasteiger partial charge < -0.3 is 10.6 Å². The van der Waals surface area contributed by atoms with Gasteiger partial charge in [0.15, 0.2) is 0 Å². The largest absolute Gasteiger partial charge is 0.325 e. The van der Waals surface area contributed by atoms with Crippen LogP contribution >= 0.6 is 0 Å². The maximum Gasteiger partial charge on any atom is 0.238 e. The van der Waals surface area contributed by atoms with E-state index >= 15 is 0 Å². The molecule has 0 radical (unpaired) electrons. The van der Waals surface area contributed by atoms with Gasteiger partial charge >= 0.3 is 0 Å². The first-order valence-electron chi connectivity index (χ1n) is 6.90. The van der Waals surface area contributed by atoms with Gasteiger partial charge in [-0.15, -0.1) is 0 Å². The molecule has 2 N–H and O–H groups in total. The number of hydrogen-bond acceptors (Lipinski definition) is 2. The van der Waals surface area contributed by atoms with Gasteiger partial charge in [0.1, 0.15) is 0 Å². The minimum Gasteiger partial charge on any atom is -0.325 e. The molecule has 0 aromatic heterocycles. The topological polar surface area (TPSA) is 41.1 Å². The summed E-state index contributed by atoms with van der Waals surface area (Å²) in [6.07, 6.45) is 0. The first-order valence-corrected chi connectivity index (χ1v) is 6.90. The summed E-state index contributed by atoms with van der Waals surface area (Å²) in [5.41, 5.74) is 2.26. The molecule has 0 saturated heterocycles. The van der Waals surface area contributed by atoms with Gasteiger partial charge in [0.2, 0.25) is 5.91 Å². The van der Waals surface area contributed by atoms with Gasteiger partial charge in [0, 0.05) is 5.69 Å². The van der Waals surface area contributed by atoms with Crippen LogP contribution in [0.4, 0.5) is 5.69 Å². The van der Waals surface area contributed by atoms with E-state index in [1.54, 1.807) is 0 Å². The highest BCUT2D eigenvalue weighted by atomic mass is 16.1. The maximum atomic E-state index is 11.7. The fourth-order valence-corrected chi connectivity index (χ4v) is 1.73. The molecule has 3 nitrogen and oxygen atoms in total. The van der Waals surface area contributed by atoms with Crippen LogP contribution in [-0.4, -0.2) is 19.0 Å². The van der Waals surface area contributed by atoms with Crippen molar-refractivity contribution in [1.82, 2.24) is 5.32 Å². The Kier molecular flexibility index (Phi) is 5.55. The van der Waals surface area contributed by atoms with E-state index in [0.717, 1.165) is 12.2 Å². The number of hydrogen-bond donors (Lipinski definition) is 2. The summed E-state index contributed by atoms with van der Waals surface area (Å²) >= 11 is 0. The van der Waals surface area contributed by atoms with E-state index in [0.29, 0.717) is 12.5 Å². The van der Waals surface area contributed by atoms with Crippen LogP contribution in [-0.2, 0) is 10.2 Å². The minimum atomic E-state index is 0.00385. The fraction of sp³-hybridized carbons (Fsp3) is 0.562. The van der Waals surface area contributed by atoms with Crippen LogP contribution in [0.2, 0.25) is 0 Å². The monoisotopic (exact) mass is 262 g/mol. The summed E-state index contributed by atoms with van der Waals surface area (Å²) in [7, 11) is 0. The number of amides is 1. The molecule has 0 unspecified atom stereocenters. The van der Waals surface area contributed by atoms with Crippen LogP contribution in [0, 0.1) is 5.92 Å². The molecule has 0 heterocycles. The molecule has 0 fully saturated rings. The van der Waals surface area contributed by atoms with Crippen LogP contribution in [0.5, 0.6) is 0 Å². The van der Waals surface area contributed by atoms with Crippen molar-refractivity contribution in [3.8, 4) is 0 Å². The lowest BCUT2D eigenvalue weighted by Crippen LogP contribution is -2.30. The van der Waals surface area contributed by atoms with Crippen molar-refractivity contribution in [1.29, 1.82) is 0 Å². The van der Waals surface area contributed by atoms with Crippen molar-refractivity contribution in [3.05, 3.63) is 29.8 Å². The lowest BCUT2D eigenvalue weighted by atomic mass is 9.87. The molecule has 0 bridgehead atoms. The van der Waals surface area contributed by atoms with Crippen molar-refractivity contribution in [2.75, 3.05) is 18.4 Å². The fourth-order valence-electron chi connectivity index (χ4n) is 1.73. The quantitative estimate of drug-likeness (QED) is 0.855. The third kappa shape index (κ3) is 5.88. The maximum absolute atomic E-state index is 11.7. The molecule has 1 rings (SSSR count). The molecule has 0 spiro atoms. The van der Waals surface area contributed by atoms with Gasteiger partial charge in [-0.25, -0.2) is 0 Å². The summed E-state index contributed by atoms with van der Waals surface area (Å²) < 4.78 is 0. The van der Waals surface area contributed by atoms with Gasteiger partial charge in [0.25, 0.3) is 0 Å². The summed E-state index contributed by atoms with van der Waals surface area (Å²) in [5, 5.41) is 6.02. The number of anilines is 1. The first kappa shape index (κ1) is 15.7. The highest BCUT2D eigenvalue weighted by molar-refractivity contribution is 5.92. The van der Waals surface area contributed by atoms with Crippen LogP contribution in [0.1, 0.15) is 40.2 Å². The Labute approximate surface area is 116 Å². The number of nitrogens with one attached hydrogen (secondary N) is 2. The second kappa shape index (κ2) is 6.71. The molecule has 1 amide bonds. The number of benzene rings is 1. The molecule has 0 aliphatic carbocycles. The molecule has 1 aromatic carbocycles. The SMILES string of the molecule is CC(C)CNCC(=O)Nc1ccc(C(C)(C)C)cc1. The van der Waals surface area contributed by atoms with Crippen molar-refractivity contribution >= 4 is 11.6 Å². The molecule has 1 aromatic rings. The third-order valence-electron chi connectivity index (χ3n) is 2.87. The predicted molar refractivity (Wildman–Crippen MR) is 81.5 cm³/mol. The molecule has 19 heavy (non-hydrogen) atoms. The van der Waals surface area contributed by atoms with E-state index in [-0.39, 0.29) is 11.3 Å². The van der Waals surface area contributed by atoms with Gasteiger partial charge in [-0.1, -0.05) is 46.8 Å². The Morgan fingerprint density at radius 2 is 1.74 bits per heavy atom. The van der Waals surface area contributed by atoms with Gasteiger partial charge in [-0.2, -0.15) is 0 Å². The standard InChI is InChI=1S/C16H26N2O/c1-12(2)10-17-11-15(19)18-14-8-6-13(7-9-14)16(3,4)5/h6-9,12,17H,10-11H2,1-5H3,(H,18,19). The Balaban J connectivity index is 2.47. The van der Waals surface area contributed by atoms with E-state index in [9.17, 15) is 4.79 Å². The molecular weight excluding hydrogens is 236 g/mol. The van der Waals surface area contributed by atoms with Crippen LogP contribution in [0.3, 0.4) is 0 Å². The first-order chi connectivity index (χ1) is 8.79. The second-order valence-electron chi connectivity index (χ2n) is 6.40. The lowest BCUT2D eigenvalue weighted by Gasteiger charge is -2.19. The number of carbonyl (C=O) groups excluding carboxylic acids is 1. The van der Waals surface area contributed by atoms with Gasteiger partial charge in [-0.05, 0) is 35.6 Å². The second-order valence-corrected chi connectivity index (χ2v) is 6.40. The highest BCUT2D eigenvalue weighted by Gasteiger charge is 2.13. The van der Waals surface area contributed by atoms with Crippen molar-refractivity contribution in [2.24, 2.45) is 5.92 Å². The summed E-state index contributed by atoms with van der Waals surface area (Å²) in [5.74, 6) is 0.558. The van der Waals surface area contributed by atoms with Crippen LogP contribution in [0.25, 0.3) is 0 Å². The van der Waals surface area contributed by atoms with E-state index < -0.39 is 0 Å². The number of rotatable bonds is 5. The Morgan fingerprint density at radius 3 is 2.21 bits per heavy atom. The lowest BCUT2D eigenvalue weighted by molar-refractivity contribution is -0.115. The molecular formula is C16H26N2O. The molecule has 0 atom stereocenters. The zero-order valence-corrected chi connectivity index (χ0v) is 12.7. The molecule has 106 valence electrons. The van der Waals surface area contributed by atoms with Crippen molar-refractivity contribution in [2.45, 2.75) is 40.0 Å². The van der Waals surface area contributed by atoms with Crippen LogP contribution in [0.15, 0.2) is 24.3 Å². The molecule has 0 saturated carbocycles. The predicted octanol–water partition coefficient (Wildman–Crippen LogP) is 3.17. The molecule has 3 heteroatoms. The van der Waals surface area contributed by atoms with E-state index in [4.69, 9.17) is 0 Å². The average Bonchev–Trinajstić information content (AvgIpc) is 2.27. The summed E-state index contributed by atoms with van der Waals surface area (Å²) in [6, 6.07) is 8.05. The van der Waals surface area contributed by atoms with Gasteiger partial charge in [0.05, 0.1) is 6.54 Å². The molecule has 0 aliphatic rings. The van der Waals surface area contributed by atoms with Crippen LogP contribution < -0.4 is 10.6 Å². The normalized spacial score (nSPS) is 11.7. The zero-order valence-electron chi connectivity index (χ0n) is 12.7. The van der Waals surface area contributed by atoms with E-state index in [1.807, 2.05) is 12.1 Å². The Hall–Kier alpha value is -1.35. The van der Waals surface area contributed by atoms with E-state index in [1.165, 1.54) is 5.56 Å². The van der Waals surface area contributed by atoms with E-state index in [2.05, 4.69) is 57.4 Å². The smallest absolute Gasteiger partial charge is 0.238 e. The van der Waals surface area contributed by atoms with Gasteiger partial charge in [-0.3, -0.25) is 4.79 Å². The zero-order chi connectivity index (χ0) is 14.5. The number of carbonyl (C=O) groups is 1. The Morgan fingerprint density at radius 1 is 1.16 bits per heavy atom. The van der Waals surface area contributed by atoms with Crippen molar-refractivity contribution < 1.29 is 4.79 Å². The minimum absolute atomic E-state index is 0.00385.